The molecule has 0 saturated carbocycles. The lowest BCUT2D eigenvalue weighted by Gasteiger charge is -2.25. The fraction of sp³-hybridized carbons (Fsp3) is 0.625. The second-order valence-corrected chi connectivity index (χ2v) is 6.17. The van der Waals surface area contributed by atoms with E-state index < -0.39 is 0 Å². The topological polar surface area (TPSA) is 24.5 Å². The summed E-state index contributed by atoms with van der Waals surface area (Å²) >= 11 is 0. The Kier molecular flexibility index (Phi) is 5.67. The van der Waals surface area contributed by atoms with Crippen LogP contribution < -0.4 is 15.0 Å². The summed E-state index contributed by atoms with van der Waals surface area (Å²) in [7, 11) is 4.08. The van der Waals surface area contributed by atoms with Crippen molar-refractivity contribution in [3.63, 3.8) is 0 Å². The number of rotatable bonds is 6. The first kappa shape index (κ1) is 15.8. The van der Waals surface area contributed by atoms with Gasteiger partial charge in [-0.2, -0.15) is 0 Å². The predicted octanol–water partition coefficient (Wildman–Crippen LogP) is 3.30. The van der Waals surface area contributed by atoms with E-state index >= 15 is 0 Å². The summed E-state index contributed by atoms with van der Waals surface area (Å²) in [5.74, 6) is 0.939. The van der Waals surface area contributed by atoms with Crippen LogP contribution in [0.25, 0.3) is 0 Å². The number of anilines is 1. The number of hydrogen-bond donors (Lipinski definition) is 1. The van der Waals surface area contributed by atoms with Gasteiger partial charge in [-0.05, 0) is 39.3 Å². The molecule has 0 fully saturated rings. The van der Waals surface area contributed by atoms with Gasteiger partial charge in [0, 0.05) is 37.9 Å². The number of hydrogen-bond acceptors (Lipinski definition) is 3. The molecule has 0 heterocycles. The summed E-state index contributed by atoms with van der Waals surface area (Å²) in [6.07, 6.45) is 1.20. The van der Waals surface area contributed by atoms with Gasteiger partial charge in [0.05, 0.1) is 0 Å². The maximum atomic E-state index is 6.06. The van der Waals surface area contributed by atoms with Crippen molar-refractivity contribution >= 4 is 5.69 Å². The van der Waals surface area contributed by atoms with Crippen molar-refractivity contribution in [3.8, 4) is 5.75 Å². The van der Waals surface area contributed by atoms with Gasteiger partial charge in [-0.25, -0.2) is 0 Å². The van der Waals surface area contributed by atoms with E-state index in [1.54, 1.807) is 0 Å². The van der Waals surface area contributed by atoms with Gasteiger partial charge in [-0.15, -0.1) is 0 Å². The summed E-state index contributed by atoms with van der Waals surface area (Å²) in [6.45, 7) is 9.54. The van der Waals surface area contributed by atoms with Crippen LogP contribution in [-0.2, 0) is 0 Å². The van der Waals surface area contributed by atoms with Crippen LogP contribution in [0, 0.1) is 0 Å². The molecule has 0 aromatic heterocycles. The molecule has 0 aliphatic carbocycles. The Bertz CT molecular complexity index is 383. The third-order valence-electron chi connectivity index (χ3n) is 2.95. The van der Waals surface area contributed by atoms with E-state index in [2.05, 4.69) is 50.0 Å². The van der Waals surface area contributed by atoms with Gasteiger partial charge in [0.25, 0.3) is 0 Å². The van der Waals surface area contributed by atoms with Crippen LogP contribution >= 0.6 is 0 Å². The second kappa shape index (κ2) is 6.80. The van der Waals surface area contributed by atoms with Gasteiger partial charge in [-0.1, -0.05) is 13.0 Å². The zero-order valence-electron chi connectivity index (χ0n) is 13.2. The molecule has 0 spiro atoms. The summed E-state index contributed by atoms with van der Waals surface area (Å²) in [5, 5.41) is 3.50. The minimum absolute atomic E-state index is 0.127. The van der Waals surface area contributed by atoms with E-state index in [0.29, 0.717) is 0 Å². The summed E-state index contributed by atoms with van der Waals surface area (Å²) in [6, 6.07) is 8.22. The molecular formula is C16H28N2O. The van der Waals surface area contributed by atoms with E-state index in [9.17, 15) is 0 Å². The van der Waals surface area contributed by atoms with Crippen molar-refractivity contribution in [2.75, 3.05) is 25.5 Å². The third-order valence-corrected chi connectivity index (χ3v) is 2.95. The molecule has 3 heteroatoms. The van der Waals surface area contributed by atoms with E-state index in [-0.39, 0.29) is 11.6 Å². The molecule has 0 aliphatic heterocycles. The van der Waals surface area contributed by atoms with Gasteiger partial charge in [0.15, 0.2) is 0 Å². The summed E-state index contributed by atoms with van der Waals surface area (Å²) in [4.78, 5) is 2.08. The molecule has 1 unspecified atom stereocenters. The van der Waals surface area contributed by atoms with Gasteiger partial charge in [0.2, 0.25) is 0 Å². The molecular weight excluding hydrogens is 236 g/mol. The SMILES string of the molecule is CCC(CNC(C)(C)C)Oc1cccc(N(C)C)c1. The van der Waals surface area contributed by atoms with Crippen LogP contribution in [0.5, 0.6) is 5.75 Å². The molecule has 1 N–H and O–H groups in total. The van der Waals surface area contributed by atoms with Crippen molar-refractivity contribution in [2.24, 2.45) is 0 Å². The van der Waals surface area contributed by atoms with Gasteiger partial charge >= 0.3 is 0 Å². The molecule has 1 aromatic carbocycles. The Hall–Kier alpha value is -1.22. The van der Waals surface area contributed by atoms with Crippen LogP contribution in [0.15, 0.2) is 24.3 Å². The lowest BCUT2D eigenvalue weighted by molar-refractivity contribution is 0.181. The lowest BCUT2D eigenvalue weighted by atomic mass is 10.1. The normalized spacial score (nSPS) is 13.2. The quantitative estimate of drug-likeness (QED) is 0.853. The average molecular weight is 264 g/mol. The Balaban J connectivity index is 2.62. The highest BCUT2D eigenvalue weighted by atomic mass is 16.5. The third kappa shape index (κ3) is 5.97. The van der Waals surface area contributed by atoms with Crippen LogP contribution in [-0.4, -0.2) is 32.3 Å². The highest BCUT2D eigenvalue weighted by Crippen LogP contribution is 2.21. The molecule has 3 nitrogen and oxygen atoms in total. The maximum absolute atomic E-state index is 6.06. The Morgan fingerprint density at radius 2 is 1.95 bits per heavy atom. The average Bonchev–Trinajstić information content (AvgIpc) is 2.33. The first-order chi connectivity index (χ1) is 8.81. The van der Waals surface area contributed by atoms with Crippen molar-refractivity contribution in [1.82, 2.24) is 5.32 Å². The molecule has 19 heavy (non-hydrogen) atoms. The minimum Gasteiger partial charge on any atom is -0.489 e. The molecule has 0 bridgehead atoms. The molecule has 0 saturated heterocycles. The van der Waals surface area contributed by atoms with E-state index in [0.717, 1.165) is 24.4 Å². The summed E-state index contributed by atoms with van der Waals surface area (Å²) < 4.78 is 6.06. The molecule has 108 valence electrons. The monoisotopic (exact) mass is 264 g/mol. The number of ether oxygens (including phenoxy) is 1. The zero-order chi connectivity index (χ0) is 14.5. The van der Waals surface area contributed by atoms with Crippen LogP contribution in [0.4, 0.5) is 5.69 Å². The maximum Gasteiger partial charge on any atom is 0.121 e. The molecule has 1 aromatic rings. The van der Waals surface area contributed by atoms with Gasteiger partial charge in [0.1, 0.15) is 11.9 Å². The van der Waals surface area contributed by atoms with E-state index in [1.165, 1.54) is 0 Å². The molecule has 0 radical (unpaired) electrons. The van der Waals surface area contributed by atoms with Crippen molar-refractivity contribution < 1.29 is 4.74 Å². The zero-order valence-corrected chi connectivity index (χ0v) is 13.2. The van der Waals surface area contributed by atoms with Crippen LogP contribution in [0.2, 0.25) is 0 Å². The Morgan fingerprint density at radius 1 is 1.26 bits per heavy atom. The minimum atomic E-state index is 0.127. The second-order valence-electron chi connectivity index (χ2n) is 6.17. The van der Waals surface area contributed by atoms with Crippen molar-refractivity contribution in [1.29, 1.82) is 0 Å². The van der Waals surface area contributed by atoms with E-state index in [1.807, 2.05) is 26.2 Å². The Labute approximate surface area is 118 Å². The number of nitrogens with one attached hydrogen (secondary N) is 1. The van der Waals surface area contributed by atoms with E-state index in [4.69, 9.17) is 4.74 Å². The standard InChI is InChI=1S/C16H28N2O/c1-7-14(12-17-16(2,3)4)19-15-10-8-9-13(11-15)18(5)6/h8-11,14,17H,7,12H2,1-6H3. The highest BCUT2D eigenvalue weighted by Gasteiger charge is 2.14. The highest BCUT2D eigenvalue weighted by molar-refractivity contribution is 5.49. The molecule has 0 aliphatic rings. The van der Waals surface area contributed by atoms with Gasteiger partial charge < -0.3 is 15.0 Å². The van der Waals surface area contributed by atoms with Gasteiger partial charge in [-0.3, -0.25) is 0 Å². The molecule has 1 atom stereocenters. The summed E-state index contributed by atoms with van der Waals surface area (Å²) in [5.41, 5.74) is 1.29. The predicted molar refractivity (Wildman–Crippen MR) is 83.2 cm³/mol. The van der Waals surface area contributed by atoms with Crippen LogP contribution in [0.3, 0.4) is 0 Å². The fourth-order valence-electron chi connectivity index (χ4n) is 1.72. The first-order valence-electron chi connectivity index (χ1n) is 7.01. The van der Waals surface area contributed by atoms with Crippen molar-refractivity contribution in [2.45, 2.75) is 45.8 Å². The number of nitrogens with zero attached hydrogens (tertiary/aromatic N) is 1. The fourth-order valence-corrected chi connectivity index (χ4v) is 1.72. The smallest absolute Gasteiger partial charge is 0.121 e. The van der Waals surface area contributed by atoms with Crippen molar-refractivity contribution in [3.05, 3.63) is 24.3 Å². The number of benzene rings is 1. The largest absolute Gasteiger partial charge is 0.489 e. The molecule has 0 amide bonds. The first-order valence-corrected chi connectivity index (χ1v) is 7.01. The lowest BCUT2D eigenvalue weighted by Crippen LogP contribution is -2.42. The van der Waals surface area contributed by atoms with Crippen LogP contribution in [0.1, 0.15) is 34.1 Å². The Morgan fingerprint density at radius 3 is 2.47 bits per heavy atom. The molecule has 1 rings (SSSR count).